The van der Waals surface area contributed by atoms with Crippen LogP contribution in [0.2, 0.25) is 0 Å². The number of hydrogen-bond donors (Lipinski definition) is 19. The van der Waals surface area contributed by atoms with Crippen LogP contribution < -0.4 is 0 Å². The second-order valence-corrected chi connectivity index (χ2v) is 27.0. The van der Waals surface area contributed by atoms with E-state index in [9.17, 15) is 114 Å². The summed E-state index contributed by atoms with van der Waals surface area (Å²) >= 11 is 0. The van der Waals surface area contributed by atoms with Gasteiger partial charge in [0.2, 0.25) is 0 Å². The maximum Gasteiger partial charge on any atom is 0.297 e. The van der Waals surface area contributed by atoms with E-state index in [0.29, 0.717) is 0 Å². The normalized spacial score (nSPS) is 49.1. The molecule has 95 heavy (non-hydrogen) atoms. The Balaban J connectivity index is 1.00. The smallest absolute Gasteiger partial charge is 0.297 e. The molecular formula is C54H76O39S2. The quantitative estimate of drug-likeness (QED) is 0.124. The molecule has 35 atom stereocenters. The number of ether oxygens (including phenoxy) is 14. The van der Waals surface area contributed by atoms with Crippen LogP contribution in [0, 0.1) is 0 Å². The Morgan fingerprint density at radius 3 is 0.663 bits per heavy atom. The molecule has 0 aromatic heterocycles. The lowest BCUT2D eigenvalue weighted by Crippen LogP contribution is -2.68. The van der Waals surface area contributed by atoms with Crippen LogP contribution in [-0.4, -0.2) is 375 Å². The Hall–Kier alpha value is -3.06. The maximum atomic E-state index is 14.0. The largest absolute Gasteiger partial charge is 0.394 e. The van der Waals surface area contributed by atoms with Crippen LogP contribution in [0.1, 0.15) is 0 Å². The summed E-state index contributed by atoms with van der Waals surface area (Å²) in [7, 11) is -9.89. The van der Waals surface area contributed by atoms with Gasteiger partial charge in [-0.2, -0.15) is 16.8 Å². The highest BCUT2D eigenvalue weighted by atomic mass is 32.2. The van der Waals surface area contributed by atoms with Crippen molar-refractivity contribution in [3.63, 3.8) is 0 Å². The Bertz CT molecular complexity index is 3060. The lowest BCUT2D eigenvalue weighted by molar-refractivity contribution is -0.396. The predicted octanol–water partition coefficient (Wildman–Crippen LogP) is -12.4. The summed E-state index contributed by atoms with van der Waals surface area (Å²) in [5.74, 6) is 0. The molecule has 20 bridgehead atoms. The van der Waals surface area contributed by atoms with Gasteiger partial charge in [-0.05, 0) is 35.4 Å². The van der Waals surface area contributed by atoms with Crippen molar-refractivity contribution in [3.05, 3.63) is 48.5 Å². The van der Waals surface area contributed by atoms with E-state index in [0.717, 1.165) is 24.3 Å². The molecule has 29 heterocycles. The van der Waals surface area contributed by atoms with Crippen LogP contribution in [0.15, 0.2) is 58.3 Å². The number of aliphatic hydroxyl groups excluding tert-OH is 19. The van der Waals surface area contributed by atoms with E-state index in [4.69, 9.17) is 74.7 Å². The van der Waals surface area contributed by atoms with Gasteiger partial charge in [-0.3, -0.25) is 8.37 Å². The van der Waals surface area contributed by atoms with Gasteiger partial charge in [0.15, 0.2) is 44.0 Å². The van der Waals surface area contributed by atoms with Gasteiger partial charge in [-0.25, -0.2) is 0 Å². The fraction of sp³-hybridized carbons (Fsp3) is 0.778. The highest BCUT2D eigenvalue weighted by Crippen LogP contribution is 2.40. The van der Waals surface area contributed by atoms with Crippen molar-refractivity contribution < 1.29 is 189 Å². The third-order valence-corrected chi connectivity index (χ3v) is 20.4. The van der Waals surface area contributed by atoms with E-state index < -0.39 is 291 Å². The van der Waals surface area contributed by atoms with Crippen LogP contribution in [0.25, 0.3) is 11.1 Å². The molecule has 2 aromatic rings. The summed E-state index contributed by atoms with van der Waals surface area (Å²) in [6, 6.07) is 9.40. The first-order valence-electron chi connectivity index (χ1n) is 29.9. The van der Waals surface area contributed by atoms with Crippen molar-refractivity contribution in [3.8, 4) is 11.1 Å². The zero-order valence-electron chi connectivity index (χ0n) is 49.3. The summed E-state index contributed by atoms with van der Waals surface area (Å²) in [6.45, 7) is -8.14. The summed E-state index contributed by atoms with van der Waals surface area (Å²) in [5.41, 5.74) is 0.555. The minimum absolute atomic E-state index is 0.277. The van der Waals surface area contributed by atoms with Gasteiger partial charge in [0.05, 0.1) is 56.0 Å². The first kappa shape index (κ1) is 73.2. The molecular weight excluding hydrogens is 1340 g/mol. The van der Waals surface area contributed by atoms with Gasteiger partial charge in [0.25, 0.3) is 20.2 Å². The monoisotopic (exact) mass is 1410 g/mol. The number of benzene rings is 2. The molecule has 2 aromatic carbocycles. The number of aliphatic hydroxyl groups is 19. The lowest BCUT2D eigenvalue weighted by atomic mass is 9.95. The average molecular weight is 1410 g/mol. The molecule has 538 valence electrons. The predicted molar refractivity (Wildman–Crippen MR) is 292 cm³/mol. The first-order chi connectivity index (χ1) is 45.1. The van der Waals surface area contributed by atoms with Crippen molar-refractivity contribution in [2.24, 2.45) is 0 Å². The van der Waals surface area contributed by atoms with Crippen molar-refractivity contribution >= 4 is 20.2 Å². The molecule has 0 amide bonds. The lowest BCUT2D eigenvalue weighted by Gasteiger charge is -2.50. The van der Waals surface area contributed by atoms with Gasteiger partial charge in [-0.1, -0.05) is 24.3 Å². The van der Waals surface area contributed by atoms with Crippen molar-refractivity contribution in [1.29, 1.82) is 0 Å². The second kappa shape index (κ2) is 29.9. The van der Waals surface area contributed by atoms with E-state index in [2.05, 4.69) is 0 Å². The molecule has 0 aliphatic carbocycles. The van der Waals surface area contributed by atoms with Gasteiger partial charge in [0, 0.05) is 0 Å². The Kier molecular flexibility index (Phi) is 23.0. The molecule has 0 spiro atoms. The topological polar surface area (TPSA) is 600 Å². The Labute approximate surface area is 537 Å². The standard InChI is InChI=1S/C54H76O39S2/c55-9-20-41-27(60)34(67)48(80-20)88-42-21(10-56)83-51(37(70)30(42)63)92-46-25-14-78-94(74,75)18-5-1-16(2-6-18)17-3-7-19(8-4-17)95(76,77)79-15-26-47(32(65)39(72)53(85-26)90-44-23(12-58)81-49(87-41)35(68)28(44)61)93-52-38(71)31(64)43(22(11-57)84-52)89-50-36(69)29(62)45(24(13-59)82-50)91-54(86-25)40(73)33(46)66/h1-8,20-73H,9-15H2/t20-,21-,22-,23-,24-,25-,26-,27?,28?,29?,30?,31?,32?,33?,34?,35?,36?,37?,38?,39?,40?,41+,42-,43+,44+,45+,46+,47+,48+,49+,50+,51+,52+,53+,54+/m0/s1. The van der Waals surface area contributed by atoms with Crippen molar-refractivity contribution in [1.82, 2.24) is 0 Å². The molecule has 19 N–H and O–H groups in total. The molecule has 0 radical (unpaired) electrons. The molecule has 29 aliphatic rings. The van der Waals surface area contributed by atoms with E-state index in [-0.39, 0.29) is 11.1 Å². The van der Waals surface area contributed by atoms with Crippen LogP contribution in [0.3, 0.4) is 0 Å². The van der Waals surface area contributed by atoms with Crippen molar-refractivity contribution in [2.45, 2.75) is 225 Å². The average Bonchev–Trinajstić information content (AvgIpc) is 0.792. The minimum atomic E-state index is -4.95. The Morgan fingerprint density at radius 2 is 0.453 bits per heavy atom. The third-order valence-electron chi connectivity index (χ3n) is 17.8. The molecule has 39 nitrogen and oxygen atoms in total. The molecule has 31 rings (SSSR count). The first-order valence-corrected chi connectivity index (χ1v) is 32.7. The summed E-state index contributed by atoms with van der Waals surface area (Å²) in [5, 5.41) is 216. The number of rotatable bonds is 5. The SMILES string of the molecule is O=S1(=O)OC[C@@H]2O[C@@H]3O[C@H]4C(O)C(O)[C@H](O[C@H]4CO)O[C@H]4C(O)C(O)[C@H](O[C@H]4CO)O[C@H]4C(O)C(O)[C@H](O[C@H]4COS(=O)(=O)c4ccc(cc4)-c4ccc1cc4)O[C@H]1C(O)C(O)[C@H](O[C@H]1CO)O[C@H]1C(O)C(O)[C@H](O[C@H]1CO)O[C@@H]1C(O)C(O)[C@H](O[C@H]1CO)O[C@H]2C(O)C3O. The zero-order chi connectivity index (χ0) is 68.4. The molecule has 29 aliphatic heterocycles. The Morgan fingerprint density at radius 1 is 0.263 bits per heavy atom. The molecule has 0 saturated carbocycles. The van der Waals surface area contributed by atoms with Gasteiger partial charge >= 0.3 is 0 Å². The van der Waals surface area contributed by atoms with Crippen LogP contribution >= 0.6 is 0 Å². The van der Waals surface area contributed by atoms with Crippen LogP contribution in [0.5, 0.6) is 0 Å². The fourth-order valence-electron chi connectivity index (χ4n) is 12.5. The maximum absolute atomic E-state index is 14.0. The van der Waals surface area contributed by atoms with Gasteiger partial charge in [0.1, 0.15) is 171 Å². The molecule has 15 saturated heterocycles. The molecule has 14 unspecified atom stereocenters. The van der Waals surface area contributed by atoms with E-state index in [1.54, 1.807) is 0 Å². The minimum Gasteiger partial charge on any atom is -0.394 e. The second-order valence-electron chi connectivity index (χ2n) is 23.8. The van der Waals surface area contributed by atoms with E-state index >= 15 is 0 Å². The van der Waals surface area contributed by atoms with E-state index in [1.165, 1.54) is 24.3 Å². The highest BCUT2D eigenvalue weighted by molar-refractivity contribution is 7.87. The summed E-state index contributed by atoms with van der Waals surface area (Å²) in [4.78, 5) is -1.07. The van der Waals surface area contributed by atoms with Crippen LogP contribution in [-0.2, 0) is 94.9 Å². The van der Waals surface area contributed by atoms with E-state index in [1.807, 2.05) is 0 Å². The van der Waals surface area contributed by atoms with Crippen LogP contribution in [0.4, 0.5) is 0 Å². The molecule has 15 fully saturated rings. The third kappa shape index (κ3) is 14.5. The number of hydrogen-bond acceptors (Lipinski definition) is 39. The summed E-state index contributed by atoms with van der Waals surface area (Å²) < 4.78 is 149. The fourth-order valence-corrected chi connectivity index (χ4v) is 14.3. The van der Waals surface area contributed by atoms with Gasteiger partial charge in [-0.15, -0.1) is 0 Å². The molecule has 41 heteroatoms. The van der Waals surface area contributed by atoms with Gasteiger partial charge < -0.3 is 163 Å². The highest BCUT2D eigenvalue weighted by Gasteiger charge is 2.60. The zero-order valence-corrected chi connectivity index (χ0v) is 50.9. The van der Waals surface area contributed by atoms with Crippen molar-refractivity contribution in [2.75, 3.05) is 46.2 Å². The summed E-state index contributed by atoms with van der Waals surface area (Å²) in [6.07, 6.45) is -76.0.